The predicted octanol–water partition coefficient (Wildman–Crippen LogP) is 0.231. The minimum Gasteiger partial charge on any atom is -0.384 e. The Morgan fingerprint density at radius 3 is 2.78 bits per heavy atom. The van der Waals surface area contributed by atoms with E-state index in [9.17, 15) is 4.79 Å². The van der Waals surface area contributed by atoms with Crippen LogP contribution in [0.25, 0.3) is 0 Å². The average molecular weight is 122 g/mol. The van der Waals surface area contributed by atoms with Crippen molar-refractivity contribution in [1.82, 2.24) is 0 Å². The first-order chi connectivity index (χ1) is 4.34. The summed E-state index contributed by atoms with van der Waals surface area (Å²) in [5.41, 5.74) is 0.289. The van der Waals surface area contributed by atoms with E-state index in [4.69, 9.17) is 5.11 Å². The lowest BCUT2D eigenvalue weighted by Gasteiger charge is -2.03. The van der Waals surface area contributed by atoms with E-state index >= 15 is 0 Å². The topological polar surface area (TPSA) is 37.3 Å². The molecule has 0 saturated carbocycles. The highest BCUT2D eigenvalue weighted by Crippen LogP contribution is 2.06. The van der Waals surface area contributed by atoms with E-state index in [0.717, 1.165) is 0 Å². The van der Waals surface area contributed by atoms with Crippen molar-refractivity contribution in [3.63, 3.8) is 0 Å². The maximum atomic E-state index is 9.96. The van der Waals surface area contributed by atoms with Gasteiger partial charge in [-0.1, -0.05) is 18.2 Å². The first-order valence-corrected chi connectivity index (χ1v) is 2.62. The summed E-state index contributed by atoms with van der Waals surface area (Å²) in [4.78, 5) is 9.96. The van der Waals surface area contributed by atoms with Gasteiger partial charge in [0.05, 0.1) is 5.57 Å². The quantitative estimate of drug-likeness (QED) is 0.467. The van der Waals surface area contributed by atoms with E-state index in [1.807, 2.05) is 0 Å². The van der Waals surface area contributed by atoms with Crippen LogP contribution in [0, 0.1) is 0 Å². The highest BCUT2D eigenvalue weighted by atomic mass is 16.3. The molecule has 1 rings (SSSR count). The van der Waals surface area contributed by atoms with Gasteiger partial charge in [-0.2, -0.15) is 0 Å². The molecule has 0 aromatic heterocycles. The molecule has 0 radical (unpaired) electrons. The molecule has 1 N–H and O–H groups in total. The summed E-state index contributed by atoms with van der Waals surface area (Å²) in [6.45, 7) is 0. The van der Waals surface area contributed by atoms with E-state index in [2.05, 4.69) is 0 Å². The summed E-state index contributed by atoms with van der Waals surface area (Å²) in [5, 5.41) is 8.93. The summed E-state index contributed by atoms with van der Waals surface area (Å²) in [6, 6.07) is 0. The van der Waals surface area contributed by atoms with Crippen LogP contribution >= 0.6 is 0 Å². The Kier molecular flexibility index (Phi) is 1.63. The zero-order chi connectivity index (χ0) is 6.69. The van der Waals surface area contributed by atoms with Crippen molar-refractivity contribution in [2.45, 2.75) is 6.10 Å². The van der Waals surface area contributed by atoms with Gasteiger partial charge in [0.15, 0.2) is 0 Å². The first kappa shape index (κ1) is 6.02. The molecule has 46 valence electrons. The van der Waals surface area contributed by atoms with E-state index < -0.39 is 6.10 Å². The lowest BCUT2D eigenvalue weighted by Crippen LogP contribution is -2.06. The predicted molar refractivity (Wildman–Crippen MR) is 33.5 cm³/mol. The molecule has 0 saturated heterocycles. The van der Waals surface area contributed by atoms with E-state index in [0.29, 0.717) is 0 Å². The van der Waals surface area contributed by atoms with E-state index in [-0.39, 0.29) is 5.57 Å². The van der Waals surface area contributed by atoms with Gasteiger partial charge in [0.25, 0.3) is 0 Å². The van der Waals surface area contributed by atoms with Crippen LogP contribution < -0.4 is 0 Å². The number of aliphatic hydroxyl groups is 1. The van der Waals surface area contributed by atoms with Crippen LogP contribution in [0.3, 0.4) is 0 Å². The molecular formula is C7H6O2. The molecule has 0 aromatic carbocycles. The molecule has 0 bridgehead atoms. The summed E-state index contributed by atoms with van der Waals surface area (Å²) in [6.07, 6.45) is 5.68. The van der Waals surface area contributed by atoms with Crippen LogP contribution in [-0.2, 0) is 4.79 Å². The van der Waals surface area contributed by atoms with Crippen molar-refractivity contribution in [1.29, 1.82) is 0 Å². The molecule has 2 heteroatoms. The molecule has 2 nitrogen and oxygen atoms in total. The van der Waals surface area contributed by atoms with Crippen LogP contribution in [0.1, 0.15) is 0 Å². The Hall–Kier alpha value is -1.11. The van der Waals surface area contributed by atoms with Crippen molar-refractivity contribution in [2.75, 3.05) is 0 Å². The number of hydrogen-bond acceptors (Lipinski definition) is 2. The molecule has 9 heavy (non-hydrogen) atoms. The zero-order valence-electron chi connectivity index (χ0n) is 4.74. The van der Waals surface area contributed by atoms with E-state index in [1.165, 1.54) is 12.2 Å². The van der Waals surface area contributed by atoms with Gasteiger partial charge in [-0.25, -0.2) is 4.79 Å². The number of allylic oxidation sites excluding steroid dienone is 2. The maximum absolute atomic E-state index is 9.96. The van der Waals surface area contributed by atoms with Crippen LogP contribution in [-0.4, -0.2) is 17.2 Å². The smallest absolute Gasteiger partial charge is 0.131 e. The average Bonchev–Trinajstić information content (AvgIpc) is 1.89. The lowest BCUT2D eigenvalue weighted by molar-refractivity contribution is 0.263. The Morgan fingerprint density at radius 1 is 1.56 bits per heavy atom. The van der Waals surface area contributed by atoms with Gasteiger partial charge >= 0.3 is 0 Å². The van der Waals surface area contributed by atoms with Crippen LogP contribution in [0.5, 0.6) is 0 Å². The maximum Gasteiger partial charge on any atom is 0.131 e. The van der Waals surface area contributed by atoms with Gasteiger partial charge in [0.1, 0.15) is 12.0 Å². The monoisotopic (exact) mass is 122 g/mol. The van der Waals surface area contributed by atoms with Crippen LogP contribution in [0.15, 0.2) is 29.9 Å². The van der Waals surface area contributed by atoms with E-state index in [1.54, 1.807) is 18.1 Å². The number of aliphatic hydroxyl groups excluding tert-OH is 1. The normalized spacial score (nSPS) is 24.1. The van der Waals surface area contributed by atoms with Gasteiger partial charge in [-0.3, -0.25) is 0 Å². The molecule has 0 aromatic rings. The first-order valence-electron chi connectivity index (χ1n) is 2.62. The van der Waals surface area contributed by atoms with Gasteiger partial charge in [0.2, 0.25) is 0 Å². The molecule has 0 spiro atoms. The van der Waals surface area contributed by atoms with Crippen molar-refractivity contribution in [3.8, 4) is 0 Å². The van der Waals surface area contributed by atoms with Crippen LogP contribution in [0.2, 0.25) is 0 Å². The molecule has 1 aliphatic rings. The fourth-order valence-electron chi connectivity index (χ4n) is 0.625. The van der Waals surface area contributed by atoms with Crippen molar-refractivity contribution in [3.05, 3.63) is 29.9 Å². The SMILES string of the molecule is O=C=C1C=CC=CC1O. The second kappa shape index (κ2) is 2.44. The van der Waals surface area contributed by atoms with Gasteiger partial charge < -0.3 is 5.11 Å². The van der Waals surface area contributed by atoms with Gasteiger partial charge in [-0.15, -0.1) is 0 Å². The summed E-state index contributed by atoms with van der Waals surface area (Å²) >= 11 is 0. The van der Waals surface area contributed by atoms with Crippen LogP contribution in [0.4, 0.5) is 0 Å². The molecule has 1 atom stereocenters. The fraction of sp³-hybridized carbons (Fsp3) is 0.143. The minimum absolute atomic E-state index is 0.289. The second-order valence-corrected chi connectivity index (χ2v) is 1.75. The Bertz CT molecular complexity index is 207. The Morgan fingerprint density at radius 2 is 2.33 bits per heavy atom. The van der Waals surface area contributed by atoms with Gasteiger partial charge in [-0.05, 0) is 6.08 Å². The second-order valence-electron chi connectivity index (χ2n) is 1.75. The third-order valence-corrected chi connectivity index (χ3v) is 1.12. The Balaban J connectivity index is 2.90. The van der Waals surface area contributed by atoms with Crippen molar-refractivity contribution in [2.24, 2.45) is 0 Å². The third-order valence-electron chi connectivity index (χ3n) is 1.12. The molecule has 0 heterocycles. The van der Waals surface area contributed by atoms with Crippen molar-refractivity contribution >= 4 is 5.94 Å². The lowest BCUT2D eigenvalue weighted by atomic mass is 10.1. The van der Waals surface area contributed by atoms with Crippen molar-refractivity contribution < 1.29 is 9.90 Å². The number of hydrogen-bond donors (Lipinski definition) is 1. The summed E-state index contributed by atoms with van der Waals surface area (Å²) < 4.78 is 0. The summed E-state index contributed by atoms with van der Waals surface area (Å²) in [7, 11) is 0. The summed E-state index contributed by atoms with van der Waals surface area (Å²) in [5.74, 6) is 1.63. The largest absolute Gasteiger partial charge is 0.384 e. The molecule has 0 aliphatic heterocycles. The number of carbonyl (C=O) groups excluding carboxylic acids is 1. The minimum atomic E-state index is -0.757. The standard InChI is InChI=1S/C7H6O2/c8-5-6-3-1-2-4-7(6)9/h1-4,7,9H. The molecule has 0 amide bonds. The Labute approximate surface area is 52.8 Å². The molecular weight excluding hydrogens is 116 g/mol. The highest BCUT2D eigenvalue weighted by molar-refractivity contribution is 5.61. The molecule has 1 unspecified atom stereocenters. The van der Waals surface area contributed by atoms with Gasteiger partial charge in [0, 0.05) is 0 Å². The third kappa shape index (κ3) is 1.17. The molecule has 0 fully saturated rings. The molecule has 1 aliphatic carbocycles. The zero-order valence-corrected chi connectivity index (χ0v) is 4.74. The highest BCUT2D eigenvalue weighted by Gasteiger charge is 2.05. The number of rotatable bonds is 0. The fourth-order valence-corrected chi connectivity index (χ4v) is 0.625.